The first-order chi connectivity index (χ1) is 12.9. The van der Waals surface area contributed by atoms with Gasteiger partial charge in [-0.2, -0.15) is 0 Å². The Bertz CT molecular complexity index is 909. The first kappa shape index (κ1) is 19.1. The molecule has 140 valence electrons. The molecule has 0 saturated heterocycles. The van der Waals surface area contributed by atoms with Crippen LogP contribution in [0.5, 0.6) is 0 Å². The van der Waals surface area contributed by atoms with E-state index in [-0.39, 0.29) is 0 Å². The molecule has 0 radical (unpaired) electrons. The summed E-state index contributed by atoms with van der Waals surface area (Å²) in [6.45, 7) is 0. The van der Waals surface area contributed by atoms with E-state index in [0.29, 0.717) is 5.95 Å². The number of anilines is 2. The summed E-state index contributed by atoms with van der Waals surface area (Å²) < 4.78 is 11.7. The lowest BCUT2D eigenvalue weighted by Gasteiger charge is -2.15. The maximum atomic E-state index is 11.7. The molecule has 0 N–H and O–H groups in total. The number of hydrogen-bond donors (Lipinski definition) is 0. The molecule has 1 aromatic heterocycles. The molecule has 3 aromatic rings. The highest BCUT2D eigenvalue weighted by atomic mass is 32.2. The molecule has 1 unspecified atom stereocenters. The third kappa shape index (κ3) is 4.20. The quantitative estimate of drug-likeness (QED) is 0.633. The van der Waals surface area contributed by atoms with Crippen LogP contribution in [-0.4, -0.2) is 54.2 Å². The lowest BCUT2D eigenvalue weighted by Crippen LogP contribution is -2.14. The van der Waals surface area contributed by atoms with Crippen LogP contribution in [0.4, 0.5) is 11.6 Å². The SMILES string of the molecule is CN(C)c1ccc(-c2nnc(N(C)C)nc2-c2ccc([S+](C)[O-])cc2)cc1. The fraction of sp³-hybridized carbons (Fsp3) is 0.250. The Morgan fingerprint density at radius 3 is 1.81 bits per heavy atom. The van der Waals surface area contributed by atoms with Gasteiger partial charge in [0.05, 0.1) is 0 Å². The van der Waals surface area contributed by atoms with Crippen LogP contribution in [0.25, 0.3) is 22.5 Å². The number of benzene rings is 2. The fourth-order valence-corrected chi connectivity index (χ4v) is 3.14. The standard InChI is InChI=1S/C20H23N5OS/c1-24(2)16-10-6-15(7-11-16)19-18(21-20(23-22-19)25(3)4)14-8-12-17(13-9-14)27(5)26/h6-13H,1-5H3. The lowest BCUT2D eigenvalue weighted by atomic mass is 10.0. The Kier molecular flexibility index (Phi) is 5.62. The molecule has 27 heavy (non-hydrogen) atoms. The smallest absolute Gasteiger partial charge is 0.245 e. The number of nitrogens with zero attached hydrogens (tertiary/aromatic N) is 5. The van der Waals surface area contributed by atoms with Crippen LogP contribution in [0.3, 0.4) is 0 Å². The number of hydrogen-bond acceptors (Lipinski definition) is 6. The van der Waals surface area contributed by atoms with Crippen molar-refractivity contribution in [2.24, 2.45) is 0 Å². The van der Waals surface area contributed by atoms with Crippen molar-refractivity contribution in [1.82, 2.24) is 15.2 Å². The van der Waals surface area contributed by atoms with Gasteiger partial charge >= 0.3 is 0 Å². The first-order valence-electron chi connectivity index (χ1n) is 8.50. The zero-order chi connectivity index (χ0) is 19.6. The summed E-state index contributed by atoms with van der Waals surface area (Å²) in [5.74, 6) is 0.543. The molecule has 0 amide bonds. The summed E-state index contributed by atoms with van der Waals surface area (Å²) in [6.07, 6.45) is 1.67. The number of aromatic nitrogens is 3. The zero-order valence-corrected chi connectivity index (χ0v) is 17.0. The van der Waals surface area contributed by atoms with Crippen molar-refractivity contribution in [2.75, 3.05) is 44.2 Å². The predicted octanol–water partition coefficient (Wildman–Crippen LogP) is 3.08. The van der Waals surface area contributed by atoms with Gasteiger partial charge in [-0.25, -0.2) is 4.98 Å². The van der Waals surface area contributed by atoms with Gasteiger partial charge in [0.1, 0.15) is 17.6 Å². The van der Waals surface area contributed by atoms with Crippen LogP contribution in [0, 0.1) is 0 Å². The highest BCUT2D eigenvalue weighted by Crippen LogP contribution is 2.31. The molecule has 7 heteroatoms. The van der Waals surface area contributed by atoms with Gasteiger partial charge in [-0.3, -0.25) is 0 Å². The van der Waals surface area contributed by atoms with E-state index >= 15 is 0 Å². The van der Waals surface area contributed by atoms with E-state index in [4.69, 9.17) is 4.98 Å². The molecule has 2 aromatic carbocycles. The highest BCUT2D eigenvalue weighted by molar-refractivity contribution is 7.90. The third-order valence-corrected chi connectivity index (χ3v) is 5.13. The van der Waals surface area contributed by atoms with Crippen molar-refractivity contribution < 1.29 is 4.55 Å². The van der Waals surface area contributed by atoms with Crippen LogP contribution in [0.2, 0.25) is 0 Å². The van der Waals surface area contributed by atoms with Gasteiger partial charge in [-0.05, 0) is 47.6 Å². The van der Waals surface area contributed by atoms with Crippen LogP contribution < -0.4 is 9.80 Å². The van der Waals surface area contributed by atoms with E-state index in [9.17, 15) is 4.55 Å². The van der Waals surface area contributed by atoms with E-state index < -0.39 is 11.2 Å². The topological polar surface area (TPSA) is 68.2 Å². The Labute approximate surface area is 163 Å². The molecule has 6 nitrogen and oxygen atoms in total. The molecule has 0 bridgehead atoms. The number of rotatable bonds is 5. The van der Waals surface area contributed by atoms with Gasteiger partial charge in [-0.1, -0.05) is 12.1 Å². The van der Waals surface area contributed by atoms with E-state index in [1.165, 1.54) is 0 Å². The molecular weight excluding hydrogens is 358 g/mol. The monoisotopic (exact) mass is 381 g/mol. The van der Waals surface area contributed by atoms with Crippen molar-refractivity contribution in [3.05, 3.63) is 48.5 Å². The van der Waals surface area contributed by atoms with Crippen molar-refractivity contribution >= 4 is 22.8 Å². The third-order valence-electron chi connectivity index (χ3n) is 4.19. The normalized spacial score (nSPS) is 11.9. The van der Waals surface area contributed by atoms with Gasteiger partial charge in [0, 0.05) is 45.0 Å². The Balaban J connectivity index is 2.10. The summed E-state index contributed by atoms with van der Waals surface area (Å²) in [7, 11) is 7.78. The van der Waals surface area contributed by atoms with E-state index in [2.05, 4.69) is 10.2 Å². The fourth-order valence-electron chi connectivity index (χ4n) is 2.62. The van der Waals surface area contributed by atoms with Crippen molar-refractivity contribution in [3.63, 3.8) is 0 Å². The predicted molar refractivity (Wildman–Crippen MR) is 112 cm³/mol. The van der Waals surface area contributed by atoms with Crippen LogP contribution in [-0.2, 0) is 11.2 Å². The molecule has 0 spiro atoms. The van der Waals surface area contributed by atoms with E-state index in [1.807, 2.05) is 86.5 Å². The summed E-state index contributed by atoms with van der Waals surface area (Å²) >= 11 is -1.02. The second-order valence-electron chi connectivity index (χ2n) is 6.62. The largest absolute Gasteiger partial charge is 0.612 e. The molecule has 3 rings (SSSR count). The Morgan fingerprint density at radius 2 is 1.30 bits per heavy atom. The second kappa shape index (κ2) is 7.94. The summed E-state index contributed by atoms with van der Waals surface area (Å²) in [5, 5.41) is 8.70. The van der Waals surface area contributed by atoms with Gasteiger partial charge in [-0.15, -0.1) is 10.2 Å². The van der Waals surface area contributed by atoms with Crippen LogP contribution >= 0.6 is 0 Å². The van der Waals surface area contributed by atoms with Crippen molar-refractivity contribution in [3.8, 4) is 22.5 Å². The molecule has 0 aliphatic heterocycles. The van der Waals surface area contributed by atoms with Gasteiger partial charge in [0.15, 0.2) is 4.90 Å². The molecular formula is C20H23N5OS. The van der Waals surface area contributed by atoms with E-state index in [0.717, 1.165) is 33.1 Å². The minimum atomic E-state index is -1.02. The van der Waals surface area contributed by atoms with Gasteiger partial charge < -0.3 is 14.4 Å². The maximum absolute atomic E-state index is 11.7. The van der Waals surface area contributed by atoms with E-state index in [1.54, 1.807) is 6.26 Å². The highest BCUT2D eigenvalue weighted by Gasteiger charge is 2.15. The summed E-state index contributed by atoms with van der Waals surface area (Å²) in [5.41, 5.74) is 4.44. The zero-order valence-electron chi connectivity index (χ0n) is 16.2. The molecule has 1 atom stereocenters. The Morgan fingerprint density at radius 1 is 0.741 bits per heavy atom. The second-order valence-corrected chi connectivity index (χ2v) is 8.00. The molecule has 1 heterocycles. The van der Waals surface area contributed by atoms with Crippen LogP contribution in [0.1, 0.15) is 0 Å². The Hall–Kier alpha value is -2.64. The average Bonchev–Trinajstić information content (AvgIpc) is 2.67. The van der Waals surface area contributed by atoms with Crippen LogP contribution in [0.15, 0.2) is 53.4 Å². The summed E-state index contributed by atoms with van der Waals surface area (Å²) in [6, 6.07) is 15.7. The molecule has 0 saturated carbocycles. The maximum Gasteiger partial charge on any atom is 0.245 e. The first-order valence-corrected chi connectivity index (χ1v) is 10.1. The van der Waals surface area contributed by atoms with Crippen molar-refractivity contribution in [2.45, 2.75) is 4.90 Å². The molecule has 0 fully saturated rings. The van der Waals surface area contributed by atoms with Crippen molar-refractivity contribution in [1.29, 1.82) is 0 Å². The minimum absolute atomic E-state index is 0.543. The average molecular weight is 382 g/mol. The molecule has 0 aliphatic rings. The molecule has 0 aliphatic carbocycles. The van der Waals surface area contributed by atoms with Gasteiger partial charge in [0.25, 0.3) is 0 Å². The lowest BCUT2D eigenvalue weighted by molar-refractivity contribution is 0.601. The summed E-state index contributed by atoms with van der Waals surface area (Å²) in [4.78, 5) is 9.37. The van der Waals surface area contributed by atoms with Gasteiger partial charge in [0.2, 0.25) is 5.95 Å². The minimum Gasteiger partial charge on any atom is -0.612 e.